The Bertz CT molecular complexity index is 887. The summed E-state index contributed by atoms with van der Waals surface area (Å²) in [6, 6.07) is 0. The normalized spacial score (nSPS) is 41.6. The van der Waals surface area contributed by atoms with E-state index in [1.54, 1.807) is 6.08 Å². The molecule has 0 unspecified atom stereocenters. The molecule has 31 heavy (non-hydrogen) atoms. The van der Waals surface area contributed by atoms with E-state index < -0.39 is 34.4 Å². The maximum Gasteiger partial charge on any atom is 0.394 e. The molecule has 0 aromatic carbocycles. The Labute approximate surface area is 181 Å². The number of Topliss-reactive ketones (excluding diaryl/α,β-unsaturated/α-hetero) is 1. The largest absolute Gasteiger partial charge is 0.394 e. The van der Waals surface area contributed by atoms with Gasteiger partial charge in [-0.05, 0) is 67.8 Å². The number of aldehydes is 1. The van der Waals surface area contributed by atoms with Gasteiger partial charge in [-0.1, -0.05) is 12.5 Å². The summed E-state index contributed by atoms with van der Waals surface area (Å²) in [7, 11) is -4.67. The molecule has 174 valence electrons. The van der Waals surface area contributed by atoms with E-state index in [-0.39, 0.29) is 34.7 Å². The number of rotatable bonds is 3. The van der Waals surface area contributed by atoms with Gasteiger partial charge < -0.3 is 15.0 Å². The third-order valence-corrected chi connectivity index (χ3v) is 8.27. The van der Waals surface area contributed by atoms with Crippen molar-refractivity contribution in [2.24, 2.45) is 34.5 Å². The average molecular weight is 459 g/mol. The van der Waals surface area contributed by atoms with Gasteiger partial charge in [-0.3, -0.25) is 18.7 Å². The van der Waals surface area contributed by atoms with Gasteiger partial charge >= 0.3 is 10.4 Å². The quantitative estimate of drug-likeness (QED) is 0.359. The van der Waals surface area contributed by atoms with Crippen LogP contribution in [0.2, 0.25) is 0 Å². The first-order chi connectivity index (χ1) is 14.4. The Morgan fingerprint density at radius 2 is 1.87 bits per heavy atom. The van der Waals surface area contributed by atoms with Crippen molar-refractivity contribution in [2.75, 3.05) is 6.61 Å². The number of fused-ring (bicyclic) bond motifs is 5. The fraction of sp³-hybridized carbons (Fsp3) is 0.762. The van der Waals surface area contributed by atoms with Gasteiger partial charge in [0.1, 0.15) is 12.9 Å². The number of carbonyl (C=O) groups is 3. The van der Waals surface area contributed by atoms with Crippen LogP contribution in [-0.2, 0) is 24.8 Å². The van der Waals surface area contributed by atoms with Crippen molar-refractivity contribution in [1.82, 2.24) is 0 Å². The van der Waals surface area contributed by atoms with Crippen molar-refractivity contribution < 1.29 is 42.1 Å². The standard InChI is InChI=1S/C21H28O5.H2O4S/c1-20-7-6-13(24)8-12(20)2-3-14-15-4-5-16(18(26)10-22)21(15,11-23)9-17(25)19(14)20;1-5(2,3)4/h8,11,14-17,19,22,25H,2-7,9-10H2,1H3;(H2,1,2,3,4)/t14-,15-,16+,17-,19+,20-,21+;/m0./s1. The highest BCUT2D eigenvalue weighted by Gasteiger charge is 2.64. The van der Waals surface area contributed by atoms with Gasteiger partial charge in [0.15, 0.2) is 11.6 Å². The van der Waals surface area contributed by atoms with Crippen molar-refractivity contribution >= 4 is 28.3 Å². The van der Waals surface area contributed by atoms with E-state index in [1.165, 1.54) is 0 Å². The summed E-state index contributed by atoms with van der Waals surface area (Å²) in [6.07, 6.45) is 6.75. The van der Waals surface area contributed by atoms with Crippen molar-refractivity contribution in [2.45, 2.75) is 58.0 Å². The van der Waals surface area contributed by atoms with Crippen LogP contribution in [0.1, 0.15) is 51.9 Å². The minimum Gasteiger partial charge on any atom is -0.393 e. The maximum atomic E-state index is 12.3. The predicted octanol–water partition coefficient (Wildman–Crippen LogP) is 1.19. The Morgan fingerprint density at radius 3 is 2.45 bits per heavy atom. The first kappa shape index (κ1) is 24.2. The summed E-state index contributed by atoms with van der Waals surface area (Å²) in [4.78, 5) is 36.4. The number of aliphatic hydroxyl groups is 2. The summed E-state index contributed by atoms with van der Waals surface area (Å²) in [6.45, 7) is 1.63. The molecule has 0 aromatic rings. The van der Waals surface area contributed by atoms with Crippen molar-refractivity contribution in [3.8, 4) is 0 Å². The van der Waals surface area contributed by atoms with Crippen LogP contribution in [0.5, 0.6) is 0 Å². The Morgan fingerprint density at radius 1 is 1.23 bits per heavy atom. The molecule has 4 rings (SSSR count). The highest BCUT2D eigenvalue weighted by Crippen LogP contribution is 2.66. The molecule has 0 spiro atoms. The predicted molar refractivity (Wildman–Crippen MR) is 108 cm³/mol. The van der Waals surface area contributed by atoms with E-state index >= 15 is 0 Å². The van der Waals surface area contributed by atoms with Crippen molar-refractivity contribution in [3.05, 3.63) is 11.6 Å². The number of aliphatic hydroxyl groups excluding tert-OH is 2. The Hall–Kier alpha value is -1.46. The minimum absolute atomic E-state index is 0.0386. The van der Waals surface area contributed by atoms with Gasteiger partial charge in [-0.15, -0.1) is 0 Å². The van der Waals surface area contributed by atoms with Crippen molar-refractivity contribution in [1.29, 1.82) is 0 Å². The molecule has 4 N–H and O–H groups in total. The summed E-state index contributed by atoms with van der Waals surface area (Å²) in [5.41, 5.74) is 0.140. The monoisotopic (exact) mass is 458 g/mol. The molecular formula is C21H30O9S. The highest BCUT2D eigenvalue weighted by atomic mass is 32.3. The van der Waals surface area contributed by atoms with Gasteiger partial charge in [0.2, 0.25) is 0 Å². The molecule has 3 saturated carbocycles. The first-order valence-corrected chi connectivity index (χ1v) is 12.0. The summed E-state index contributed by atoms with van der Waals surface area (Å²) >= 11 is 0. The van der Waals surface area contributed by atoms with E-state index in [0.29, 0.717) is 19.3 Å². The second-order valence-electron chi connectivity index (χ2n) is 9.59. The van der Waals surface area contributed by atoms with E-state index in [1.807, 2.05) is 0 Å². The molecule has 0 aromatic heterocycles. The van der Waals surface area contributed by atoms with Crippen LogP contribution >= 0.6 is 0 Å². The van der Waals surface area contributed by atoms with Crippen LogP contribution in [0.3, 0.4) is 0 Å². The molecule has 0 amide bonds. The van der Waals surface area contributed by atoms with Gasteiger partial charge in [0.25, 0.3) is 0 Å². The zero-order valence-corrected chi connectivity index (χ0v) is 18.3. The maximum absolute atomic E-state index is 12.3. The lowest BCUT2D eigenvalue weighted by Gasteiger charge is -2.59. The molecule has 10 heteroatoms. The molecular weight excluding hydrogens is 428 g/mol. The summed E-state index contributed by atoms with van der Waals surface area (Å²) < 4.78 is 31.6. The zero-order valence-electron chi connectivity index (χ0n) is 17.4. The third kappa shape index (κ3) is 4.28. The molecule has 0 radical (unpaired) electrons. The smallest absolute Gasteiger partial charge is 0.393 e. The molecule has 4 aliphatic carbocycles. The number of allylic oxidation sites excluding steroid dienone is 1. The molecule has 3 fully saturated rings. The highest BCUT2D eigenvalue weighted by molar-refractivity contribution is 7.79. The van der Waals surface area contributed by atoms with Gasteiger partial charge in [0.05, 0.1) is 6.10 Å². The molecule has 0 aliphatic heterocycles. The number of carbonyl (C=O) groups excluding carboxylic acids is 3. The van der Waals surface area contributed by atoms with Crippen molar-refractivity contribution in [3.63, 3.8) is 0 Å². The van der Waals surface area contributed by atoms with E-state index in [2.05, 4.69) is 6.92 Å². The molecule has 9 nitrogen and oxygen atoms in total. The van der Waals surface area contributed by atoms with E-state index in [0.717, 1.165) is 37.5 Å². The number of hydrogen-bond acceptors (Lipinski definition) is 7. The van der Waals surface area contributed by atoms with Gasteiger partial charge in [-0.25, -0.2) is 0 Å². The first-order valence-electron chi connectivity index (χ1n) is 10.6. The fourth-order valence-electron chi connectivity index (χ4n) is 7.18. The van der Waals surface area contributed by atoms with E-state index in [9.17, 15) is 24.6 Å². The lowest BCUT2D eigenvalue weighted by Crippen LogP contribution is -2.58. The average Bonchev–Trinajstić information content (AvgIpc) is 3.06. The third-order valence-electron chi connectivity index (χ3n) is 8.27. The number of ketones is 2. The van der Waals surface area contributed by atoms with E-state index in [4.69, 9.17) is 17.5 Å². The lowest BCUT2D eigenvalue weighted by molar-refractivity contribution is -0.157. The molecule has 0 saturated heterocycles. The zero-order chi connectivity index (χ0) is 23.2. The van der Waals surface area contributed by atoms with Crippen LogP contribution in [-0.4, -0.2) is 58.3 Å². The lowest BCUT2D eigenvalue weighted by atomic mass is 9.45. The van der Waals surface area contributed by atoms with Crippen LogP contribution in [0.15, 0.2) is 11.6 Å². The van der Waals surface area contributed by atoms with Crippen LogP contribution in [0.25, 0.3) is 0 Å². The second-order valence-corrected chi connectivity index (χ2v) is 10.5. The number of hydrogen-bond donors (Lipinski definition) is 4. The summed E-state index contributed by atoms with van der Waals surface area (Å²) in [5.74, 6) is -0.241. The summed E-state index contributed by atoms with van der Waals surface area (Å²) in [5, 5.41) is 20.5. The van der Waals surface area contributed by atoms with Gasteiger partial charge in [0, 0.05) is 17.8 Å². The topological polar surface area (TPSA) is 166 Å². The van der Waals surface area contributed by atoms with Gasteiger partial charge in [-0.2, -0.15) is 8.42 Å². The molecule has 4 aliphatic rings. The molecule has 7 atom stereocenters. The minimum atomic E-state index is -4.67. The second kappa shape index (κ2) is 8.47. The van der Waals surface area contributed by atoms with Crippen LogP contribution < -0.4 is 0 Å². The molecule has 0 heterocycles. The van der Waals surface area contributed by atoms with Crippen LogP contribution in [0, 0.1) is 34.5 Å². The SMILES string of the molecule is C[C@]12CCC(=O)C=C1CC[C@@H]1[C@@H]2[C@@H](O)C[C@]2(C=O)[C@@H](C(=O)CO)CC[C@@H]12.O=S(=O)(O)O. The Balaban J connectivity index is 0.000000491. The molecule has 0 bridgehead atoms. The van der Waals surface area contributed by atoms with Crippen LogP contribution in [0.4, 0.5) is 0 Å². The fourth-order valence-corrected chi connectivity index (χ4v) is 7.18. The Kier molecular flexibility index (Phi) is 6.61.